The van der Waals surface area contributed by atoms with Crippen LogP contribution in [0.15, 0.2) is 28.7 Å². The minimum atomic E-state index is 0.0787. The summed E-state index contributed by atoms with van der Waals surface area (Å²) in [5.74, 6) is 0. The van der Waals surface area contributed by atoms with Crippen molar-refractivity contribution in [3.63, 3.8) is 0 Å². The van der Waals surface area contributed by atoms with Crippen LogP contribution in [0.5, 0.6) is 0 Å². The standard InChI is InChI=1S/C11H12N2O3/c1-2-4-10-9(3-1)13-11(16-10)12-5-8-6-14-7-15-8/h1-4,8H,5-7H2,(H,12,13)/t8-/m1/s1. The maximum Gasteiger partial charge on any atom is 0.295 e. The SMILES string of the molecule is c1ccc2oc(NC[C@@H]3COCO3)nc2c1. The van der Waals surface area contributed by atoms with Crippen LogP contribution in [0, 0.1) is 0 Å². The molecule has 1 aromatic heterocycles. The maximum absolute atomic E-state index is 5.51. The number of aromatic nitrogens is 1. The molecule has 1 atom stereocenters. The Morgan fingerprint density at radius 3 is 3.12 bits per heavy atom. The third-order valence-corrected chi connectivity index (χ3v) is 2.47. The Bertz CT molecular complexity index is 444. The van der Waals surface area contributed by atoms with E-state index in [2.05, 4.69) is 10.3 Å². The zero-order valence-electron chi connectivity index (χ0n) is 8.68. The predicted octanol–water partition coefficient (Wildman–Crippen LogP) is 1.61. The number of hydrogen-bond acceptors (Lipinski definition) is 5. The van der Waals surface area contributed by atoms with Crippen molar-refractivity contribution in [2.75, 3.05) is 25.3 Å². The summed E-state index contributed by atoms with van der Waals surface area (Å²) in [6.07, 6.45) is 0.0787. The molecule has 1 saturated heterocycles. The normalized spacial score (nSPS) is 20.4. The van der Waals surface area contributed by atoms with Crippen LogP contribution >= 0.6 is 0 Å². The van der Waals surface area contributed by atoms with Gasteiger partial charge in [0.25, 0.3) is 6.01 Å². The molecule has 1 N–H and O–H groups in total. The molecule has 0 radical (unpaired) electrons. The van der Waals surface area contributed by atoms with E-state index in [1.165, 1.54) is 0 Å². The van der Waals surface area contributed by atoms with E-state index in [4.69, 9.17) is 13.9 Å². The minimum absolute atomic E-state index is 0.0787. The molecule has 0 bridgehead atoms. The van der Waals surface area contributed by atoms with Gasteiger partial charge in [-0.25, -0.2) is 0 Å². The molecular formula is C11H12N2O3. The molecule has 5 nitrogen and oxygen atoms in total. The molecule has 16 heavy (non-hydrogen) atoms. The third kappa shape index (κ3) is 1.87. The van der Waals surface area contributed by atoms with Crippen LogP contribution in [0.4, 0.5) is 6.01 Å². The number of rotatable bonds is 3. The van der Waals surface area contributed by atoms with Gasteiger partial charge in [0.05, 0.1) is 6.61 Å². The molecule has 3 rings (SSSR count). The van der Waals surface area contributed by atoms with Crippen molar-refractivity contribution in [1.82, 2.24) is 4.98 Å². The van der Waals surface area contributed by atoms with Gasteiger partial charge in [-0.2, -0.15) is 4.98 Å². The van der Waals surface area contributed by atoms with E-state index in [-0.39, 0.29) is 6.10 Å². The zero-order chi connectivity index (χ0) is 10.8. The second-order valence-electron chi connectivity index (χ2n) is 3.64. The van der Waals surface area contributed by atoms with Crippen LogP contribution < -0.4 is 5.32 Å². The third-order valence-electron chi connectivity index (χ3n) is 2.47. The number of para-hydroxylation sites is 2. The fourth-order valence-electron chi connectivity index (χ4n) is 1.64. The van der Waals surface area contributed by atoms with Gasteiger partial charge >= 0.3 is 0 Å². The van der Waals surface area contributed by atoms with E-state index in [0.29, 0.717) is 26.0 Å². The molecule has 1 aliphatic heterocycles. The van der Waals surface area contributed by atoms with Gasteiger partial charge in [-0.15, -0.1) is 0 Å². The number of nitrogens with one attached hydrogen (secondary N) is 1. The fourth-order valence-corrected chi connectivity index (χ4v) is 1.64. The Labute approximate surface area is 92.4 Å². The molecule has 2 heterocycles. The van der Waals surface area contributed by atoms with Gasteiger partial charge in [0.15, 0.2) is 5.58 Å². The van der Waals surface area contributed by atoms with Crippen LogP contribution in [-0.4, -0.2) is 31.0 Å². The summed E-state index contributed by atoms with van der Waals surface area (Å²) < 4.78 is 15.9. The summed E-state index contributed by atoms with van der Waals surface area (Å²) in [5.41, 5.74) is 1.64. The van der Waals surface area contributed by atoms with Gasteiger partial charge in [-0.1, -0.05) is 12.1 Å². The van der Waals surface area contributed by atoms with Gasteiger partial charge in [-0.05, 0) is 12.1 Å². The summed E-state index contributed by atoms with van der Waals surface area (Å²) in [7, 11) is 0. The van der Waals surface area contributed by atoms with E-state index in [1.54, 1.807) is 0 Å². The Kier molecular flexibility index (Phi) is 2.47. The number of anilines is 1. The lowest BCUT2D eigenvalue weighted by atomic mass is 10.3. The highest BCUT2D eigenvalue weighted by molar-refractivity contribution is 5.74. The van der Waals surface area contributed by atoms with Gasteiger partial charge in [0.1, 0.15) is 18.4 Å². The molecule has 0 aliphatic carbocycles. The van der Waals surface area contributed by atoms with E-state index in [9.17, 15) is 0 Å². The molecule has 0 unspecified atom stereocenters. The first-order valence-corrected chi connectivity index (χ1v) is 5.20. The molecule has 84 valence electrons. The quantitative estimate of drug-likeness (QED) is 0.851. The maximum atomic E-state index is 5.51. The van der Waals surface area contributed by atoms with E-state index in [1.807, 2.05) is 24.3 Å². The lowest BCUT2D eigenvalue weighted by Crippen LogP contribution is -2.21. The molecule has 0 saturated carbocycles. The topological polar surface area (TPSA) is 56.5 Å². The highest BCUT2D eigenvalue weighted by atomic mass is 16.7. The van der Waals surface area contributed by atoms with E-state index in [0.717, 1.165) is 11.1 Å². The number of ether oxygens (including phenoxy) is 2. The van der Waals surface area contributed by atoms with Gasteiger partial charge < -0.3 is 19.2 Å². The molecule has 1 fully saturated rings. The van der Waals surface area contributed by atoms with E-state index >= 15 is 0 Å². The second-order valence-corrected chi connectivity index (χ2v) is 3.64. The lowest BCUT2D eigenvalue weighted by molar-refractivity contribution is 0.0499. The molecule has 0 amide bonds. The monoisotopic (exact) mass is 220 g/mol. The summed E-state index contributed by atoms with van der Waals surface area (Å²) >= 11 is 0. The first kappa shape index (κ1) is 9.62. The first-order chi connectivity index (χ1) is 7.92. The lowest BCUT2D eigenvalue weighted by Gasteiger charge is -2.06. The highest BCUT2D eigenvalue weighted by Gasteiger charge is 2.16. The molecule has 2 aromatic rings. The second kappa shape index (κ2) is 4.11. The summed E-state index contributed by atoms with van der Waals surface area (Å²) in [4.78, 5) is 4.30. The summed E-state index contributed by atoms with van der Waals surface area (Å²) in [6, 6.07) is 8.19. The fraction of sp³-hybridized carbons (Fsp3) is 0.364. The van der Waals surface area contributed by atoms with Crippen molar-refractivity contribution < 1.29 is 13.9 Å². The Balaban J connectivity index is 1.69. The molecule has 1 aromatic carbocycles. The number of hydrogen-bond donors (Lipinski definition) is 1. The number of oxazole rings is 1. The molecule has 1 aliphatic rings. The molecular weight excluding hydrogens is 208 g/mol. The zero-order valence-corrected chi connectivity index (χ0v) is 8.68. The molecule has 5 heteroatoms. The Morgan fingerprint density at radius 1 is 1.38 bits per heavy atom. The minimum Gasteiger partial charge on any atom is -0.424 e. The average molecular weight is 220 g/mol. The van der Waals surface area contributed by atoms with Crippen LogP contribution in [0.3, 0.4) is 0 Å². The van der Waals surface area contributed by atoms with Crippen LogP contribution in [0.25, 0.3) is 11.1 Å². The number of fused-ring (bicyclic) bond motifs is 1. The van der Waals surface area contributed by atoms with Gasteiger partial charge in [-0.3, -0.25) is 0 Å². The van der Waals surface area contributed by atoms with Crippen LogP contribution in [0.2, 0.25) is 0 Å². The Hall–Kier alpha value is -1.59. The van der Waals surface area contributed by atoms with Gasteiger partial charge in [0.2, 0.25) is 0 Å². The van der Waals surface area contributed by atoms with Crippen molar-refractivity contribution in [2.24, 2.45) is 0 Å². The van der Waals surface area contributed by atoms with Crippen molar-refractivity contribution in [3.8, 4) is 0 Å². The highest BCUT2D eigenvalue weighted by Crippen LogP contribution is 2.18. The van der Waals surface area contributed by atoms with Crippen LogP contribution in [-0.2, 0) is 9.47 Å². The molecule has 0 spiro atoms. The summed E-state index contributed by atoms with van der Waals surface area (Å²) in [5, 5.41) is 3.09. The predicted molar refractivity (Wildman–Crippen MR) is 58.2 cm³/mol. The Morgan fingerprint density at radius 2 is 2.31 bits per heavy atom. The van der Waals surface area contributed by atoms with Crippen molar-refractivity contribution in [2.45, 2.75) is 6.10 Å². The number of nitrogens with zero attached hydrogens (tertiary/aromatic N) is 1. The average Bonchev–Trinajstić information content (AvgIpc) is 2.95. The van der Waals surface area contributed by atoms with E-state index < -0.39 is 0 Å². The van der Waals surface area contributed by atoms with Crippen molar-refractivity contribution in [3.05, 3.63) is 24.3 Å². The smallest absolute Gasteiger partial charge is 0.295 e. The summed E-state index contributed by atoms with van der Waals surface area (Å²) in [6.45, 7) is 1.64. The van der Waals surface area contributed by atoms with Crippen molar-refractivity contribution in [1.29, 1.82) is 0 Å². The van der Waals surface area contributed by atoms with Crippen LogP contribution in [0.1, 0.15) is 0 Å². The van der Waals surface area contributed by atoms with Gasteiger partial charge in [0, 0.05) is 6.54 Å². The number of benzene rings is 1. The largest absolute Gasteiger partial charge is 0.424 e. The first-order valence-electron chi connectivity index (χ1n) is 5.20. The van der Waals surface area contributed by atoms with Crippen molar-refractivity contribution >= 4 is 17.1 Å².